The molecule has 2 aromatic carbocycles. The van der Waals surface area contributed by atoms with E-state index in [1.807, 2.05) is 6.07 Å². The van der Waals surface area contributed by atoms with E-state index in [4.69, 9.17) is 0 Å². The first kappa shape index (κ1) is 11.8. The van der Waals surface area contributed by atoms with Gasteiger partial charge in [-0.25, -0.2) is 0 Å². The number of nitrogens with one attached hydrogen (secondary N) is 1. The monoisotopic (exact) mass is 250 g/mol. The van der Waals surface area contributed by atoms with Gasteiger partial charge in [0.15, 0.2) is 0 Å². The smallest absolute Gasteiger partial charge is 0.0485 e. The van der Waals surface area contributed by atoms with Crippen LogP contribution >= 0.6 is 0 Å². The van der Waals surface area contributed by atoms with Crippen LogP contribution in [0.1, 0.15) is 18.5 Å². The van der Waals surface area contributed by atoms with Crippen molar-refractivity contribution in [2.45, 2.75) is 13.0 Å². The summed E-state index contributed by atoms with van der Waals surface area (Å²) >= 11 is 0. The molecule has 3 aromatic rings. The topological polar surface area (TPSA) is 17.0 Å². The summed E-state index contributed by atoms with van der Waals surface area (Å²) in [5.74, 6) is 0. The minimum absolute atomic E-state index is 0.308. The number of aryl methyl sites for hydroxylation is 1. The Balaban J connectivity index is 1.85. The van der Waals surface area contributed by atoms with E-state index in [0.29, 0.717) is 6.04 Å². The Bertz CT molecular complexity index is 683. The molecule has 0 bridgehead atoms. The van der Waals surface area contributed by atoms with Crippen molar-refractivity contribution in [2.24, 2.45) is 7.05 Å². The minimum Gasteiger partial charge on any atom is -0.379 e. The summed E-state index contributed by atoms with van der Waals surface area (Å²) in [6.07, 6.45) is 2.09. The molecule has 0 saturated carbocycles. The molecule has 2 nitrogen and oxygen atoms in total. The summed E-state index contributed by atoms with van der Waals surface area (Å²) in [6, 6.07) is 19.5. The Kier molecular flexibility index (Phi) is 3.00. The Morgan fingerprint density at radius 1 is 1.00 bits per heavy atom. The maximum absolute atomic E-state index is 3.55. The second-order valence-electron chi connectivity index (χ2n) is 4.98. The highest BCUT2D eigenvalue weighted by Crippen LogP contribution is 2.23. The van der Waals surface area contributed by atoms with Crippen molar-refractivity contribution in [2.75, 3.05) is 5.32 Å². The predicted molar refractivity (Wildman–Crippen MR) is 81.4 cm³/mol. The number of rotatable bonds is 3. The molecule has 0 amide bonds. The number of benzene rings is 2. The molecule has 0 saturated heterocycles. The van der Waals surface area contributed by atoms with E-state index in [0.717, 1.165) is 5.69 Å². The molecule has 1 aromatic heterocycles. The summed E-state index contributed by atoms with van der Waals surface area (Å²) < 4.78 is 2.14. The standard InChI is InChI=1S/C17H18N2/c1-13(14-6-4-3-5-7-14)18-16-8-9-17-15(12-16)10-11-19(17)2/h3-13,18H,1-2H3. The number of fused-ring (bicyclic) bond motifs is 1. The fourth-order valence-corrected chi connectivity index (χ4v) is 2.45. The molecule has 3 rings (SSSR count). The Morgan fingerprint density at radius 2 is 1.79 bits per heavy atom. The lowest BCUT2D eigenvalue weighted by Gasteiger charge is -2.15. The van der Waals surface area contributed by atoms with Crippen LogP contribution in [0.25, 0.3) is 10.9 Å². The SMILES string of the molecule is CC(Nc1ccc2c(ccn2C)c1)c1ccccc1. The molecule has 0 aliphatic carbocycles. The van der Waals surface area contributed by atoms with Gasteiger partial charge >= 0.3 is 0 Å². The van der Waals surface area contributed by atoms with Crippen LogP contribution in [0.2, 0.25) is 0 Å². The predicted octanol–water partition coefficient (Wildman–Crippen LogP) is 4.35. The van der Waals surface area contributed by atoms with E-state index in [2.05, 4.69) is 78.6 Å². The lowest BCUT2D eigenvalue weighted by atomic mass is 10.1. The minimum atomic E-state index is 0.308. The zero-order chi connectivity index (χ0) is 13.2. The van der Waals surface area contributed by atoms with Gasteiger partial charge in [-0.15, -0.1) is 0 Å². The van der Waals surface area contributed by atoms with Crippen LogP contribution in [0.4, 0.5) is 5.69 Å². The average molecular weight is 250 g/mol. The summed E-state index contributed by atoms with van der Waals surface area (Å²) in [5, 5.41) is 4.82. The third-order valence-corrected chi connectivity index (χ3v) is 3.57. The Hall–Kier alpha value is -2.22. The van der Waals surface area contributed by atoms with E-state index in [1.54, 1.807) is 0 Å². The van der Waals surface area contributed by atoms with Gasteiger partial charge < -0.3 is 9.88 Å². The van der Waals surface area contributed by atoms with Crippen LogP contribution in [0.3, 0.4) is 0 Å². The first-order chi connectivity index (χ1) is 9.24. The number of nitrogens with zero attached hydrogens (tertiary/aromatic N) is 1. The maximum atomic E-state index is 3.55. The number of hydrogen-bond donors (Lipinski definition) is 1. The van der Waals surface area contributed by atoms with Gasteiger partial charge in [0.25, 0.3) is 0 Å². The molecule has 96 valence electrons. The van der Waals surface area contributed by atoms with Crippen molar-refractivity contribution in [3.8, 4) is 0 Å². The zero-order valence-corrected chi connectivity index (χ0v) is 11.3. The second-order valence-corrected chi connectivity index (χ2v) is 4.98. The highest BCUT2D eigenvalue weighted by atomic mass is 14.9. The summed E-state index contributed by atoms with van der Waals surface area (Å²) in [5.41, 5.74) is 3.73. The van der Waals surface area contributed by atoms with Gasteiger partial charge in [-0.3, -0.25) is 0 Å². The molecule has 1 unspecified atom stereocenters. The van der Waals surface area contributed by atoms with Gasteiger partial charge in [0.05, 0.1) is 0 Å². The quantitative estimate of drug-likeness (QED) is 0.731. The van der Waals surface area contributed by atoms with Gasteiger partial charge in [0, 0.05) is 35.9 Å². The molecule has 1 atom stereocenters. The maximum Gasteiger partial charge on any atom is 0.0485 e. The van der Waals surface area contributed by atoms with Crippen molar-refractivity contribution in [1.82, 2.24) is 4.57 Å². The molecule has 2 heteroatoms. The summed E-state index contributed by atoms with van der Waals surface area (Å²) in [6.45, 7) is 2.19. The molecule has 19 heavy (non-hydrogen) atoms. The van der Waals surface area contributed by atoms with Crippen LogP contribution in [0.15, 0.2) is 60.8 Å². The molecule has 0 aliphatic heterocycles. The fraction of sp³-hybridized carbons (Fsp3) is 0.176. The van der Waals surface area contributed by atoms with Crippen molar-refractivity contribution in [3.63, 3.8) is 0 Å². The highest BCUT2D eigenvalue weighted by Gasteiger charge is 2.05. The Labute approximate surface area is 113 Å². The summed E-state index contributed by atoms with van der Waals surface area (Å²) in [7, 11) is 2.07. The van der Waals surface area contributed by atoms with E-state index >= 15 is 0 Å². The summed E-state index contributed by atoms with van der Waals surface area (Å²) in [4.78, 5) is 0. The van der Waals surface area contributed by atoms with Crippen LogP contribution in [-0.2, 0) is 7.05 Å². The second kappa shape index (κ2) is 4.81. The molecule has 1 N–H and O–H groups in total. The van der Waals surface area contributed by atoms with E-state index in [-0.39, 0.29) is 0 Å². The van der Waals surface area contributed by atoms with Gasteiger partial charge in [0.1, 0.15) is 0 Å². The molecule has 1 heterocycles. The number of aromatic nitrogens is 1. The molecular formula is C17H18N2. The molecule has 0 fully saturated rings. The van der Waals surface area contributed by atoms with E-state index in [1.165, 1.54) is 16.5 Å². The first-order valence-corrected chi connectivity index (χ1v) is 6.60. The van der Waals surface area contributed by atoms with Crippen LogP contribution in [-0.4, -0.2) is 4.57 Å². The third kappa shape index (κ3) is 2.34. The van der Waals surface area contributed by atoms with Gasteiger partial charge in [0.2, 0.25) is 0 Å². The van der Waals surface area contributed by atoms with Crippen LogP contribution in [0, 0.1) is 0 Å². The normalized spacial score (nSPS) is 12.5. The van der Waals surface area contributed by atoms with Crippen LogP contribution < -0.4 is 5.32 Å². The lowest BCUT2D eigenvalue weighted by molar-refractivity contribution is 0.885. The van der Waals surface area contributed by atoms with Gasteiger partial charge in [-0.05, 0) is 36.8 Å². The van der Waals surface area contributed by atoms with Crippen molar-refractivity contribution < 1.29 is 0 Å². The average Bonchev–Trinajstić information content (AvgIpc) is 2.81. The van der Waals surface area contributed by atoms with E-state index in [9.17, 15) is 0 Å². The zero-order valence-electron chi connectivity index (χ0n) is 11.3. The largest absolute Gasteiger partial charge is 0.379 e. The molecule has 0 spiro atoms. The molecule has 0 radical (unpaired) electrons. The van der Waals surface area contributed by atoms with Crippen molar-refractivity contribution in [1.29, 1.82) is 0 Å². The molecule has 0 aliphatic rings. The van der Waals surface area contributed by atoms with Gasteiger partial charge in [-0.1, -0.05) is 30.3 Å². The molecular weight excluding hydrogens is 232 g/mol. The Morgan fingerprint density at radius 3 is 2.58 bits per heavy atom. The van der Waals surface area contributed by atoms with E-state index < -0.39 is 0 Å². The van der Waals surface area contributed by atoms with Crippen molar-refractivity contribution >= 4 is 16.6 Å². The number of hydrogen-bond acceptors (Lipinski definition) is 1. The number of anilines is 1. The third-order valence-electron chi connectivity index (χ3n) is 3.57. The fourth-order valence-electron chi connectivity index (χ4n) is 2.45. The highest BCUT2D eigenvalue weighted by molar-refractivity contribution is 5.83. The lowest BCUT2D eigenvalue weighted by Crippen LogP contribution is -2.06. The van der Waals surface area contributed by atoms with Gasteiger partial charge in [-0.2, -0.15) is 0 Å². The first-order valence-electron chi connectivity index (χ1n) is 6.60. The van der Waals surface area contributed by atoms with Crippen molar-refractivity contribution in [3.05, 3.63) is 66.4 Å². The van der Waals surface area contributed by atoms with Crippen LogP contribution in [0.5, 0.6) is 0 Å².